The van der Waals surface area contributed by atoms with Crippen molar-refractivity contribution in [3.63, 3.8) is 0 Å². The molecular weight excluding hydrogens is 278 g/mol. The maximum atomic E-state index is 10.7. The predicted octanol–water partition coefficient (Wildman–Crippen LogP) is 1.51. The number of carboxylic acid groups (broad SMARTS) is 1. The Hall–Kier alpha value is -3.37. The maximum absolute atomic E-state index is 10.7. The van der Waals surface area contributed by atoms with Gasteiger partial charge in [0.25, 0.3) is 0 Å². The van der Waals surface area contributed by atoms with Crippen LogP contribution in [0.3, 0.4) is 0 Å². The van der Waals surface area contributed by atoms with E-state index in [2.05, 4.69) is 0 Å². The van der Waals surface area contributed by atoms with Crippen molar-refractivity contribution < 1.29 is 24.7 Å². The van der Waals surface area contributed by atoms with Gasteiger partial charge in [-0.3, -0.25) is 30.3 Å². The number of aliphatic carboxylic acids is 1. The van der Waals surface area contributed by atoms with Gasteiger partial charge in [-0.2, -0.15) is 0 Å². The number of nitro groups is 3. The molecule has 0 saturated heterocycles. The Morgan fingerprint density at radius 2 is 1.45 bits per heavy atom. The van der Waals surface area contributed by atoms with Gasteiger partial charge in [-0.25, -0.2) is 4.79 Å². The van der Waals surface area contributed by atoms with Gasteiger partial charge in [0.05, 0.1) is 14.8 Å². The zero-order valence-electron chi connectivity index (χ0n) is 9.46. The molecule has 0 unspecified atom stereocenters. The molecule has 0 aliphatic rings. The molecule has 0 radical (unpaired) electrons. The molecule has 11 nitrogen and oxygen atoms in total. The second-order valence-corrected chi connectivity index (χ2v) is 3.35. The SMILES string of the molecule is O=C(O)C=Cc1cc([N+](=O)[O-])c([N+](=O)[O-])c([N+](=O)[O-])c1. The number of carboxylic acids is 1. The molecule has 1 aromatic carbocycles. The summed E-state index contributed by atoms with van der Waals surface area (Å²) in [4.78, 5) is 39.0. The molecule has 0 fully saturated rings. The monoisotopic (exact) mass is 283 g/mol. The lowest BCUT2D eigenvalue weighted by Crippen LogP contribution is -2.02. The van der Waals surface area contributed by atoms with Gasteiger partial charge < -0.3 is 5.11 Å². The van der Waals surface area contributed by atoms with Crippen LogP contribution in [-0.4, -0.2) is 25.8 Å². The fourth-order valence-corrected chi connectivity index (χ4v) is 1.35. The first-order chi connectivity index (χ1) is 9.23. The van der Waals surface area contributed by atoms with Gasteiger partial charge in [-0.1, -0.05) is 0 Å². The summed E-state index contributed by atoms with van der Waals surface area (Å²) in [6.45, 7) is 0. The maximum Gasteiger partial charge on any atom is 0.422 e. The first-order valence-electron chi connectivity index (χ1n) is 4.76. The molecule has 0 aliphatic heterocycles. The minimum Gasteiger partial charge on any atom is -0.478 e. The van der Waals surface area contributed by atoms with Gasteiger partial charge in [0.1, 0.15) is 0 Å². The van der Waals surface area contributed by atoms with E-state index in [-0.39, 0.29) is 5.56 Å². The van der Waals surface area contributed by atoms with Gasteiger partial charge in [0, 0.05) is 18.2 Å². The molecule has 0 spiro atoms. The average molecular weight is 283 g/mol. The smallest absolute Gasteiger partial charge is 0.422 e. The highest BCUT2D eigenvalue weighted by Gasteiger charge is 2.36. The molecule has 0 aromatic heterocycles. The molecule has 1 N–H and O–H groups in total. The third-order valence-electron chi connectivity index (χ3n) is 2.09. The predicted molar refractivity (Wildman–Crippen MR) is 63.1 cm³/mol. The largest absolute Gasteiger partial charge is 0.478 e. The summed E-state index contributed by atoms with van der Waals surface area (Å²) in [5.74, 6) is -1.38. The van der Waals surface area contributed by atoms with Crippen LogP contribution >= 0.6 is 0 Å². The normalized spacial score (nSPS) is 10.4. The molecule has 0 aliphatic carbocycles. The van der Waals surface area contributed by atoms with Gasteiger partial charge in [0.15, 0.2) is 0 Å². The van der Waals surface area contributed by atoms with E-state index in [1.54, 1.807) is 0 Å². The van der Waals surface area contributed by atoms with Crippen molar-refractivity contribution in [3.05, 3.63) is 54.1 Å². The highest BCUT2D eigenvalue weighted by atomic mass is 16.6. The van der Waals surface area contributed by atoms with E-state index in [0.717, 1.165) is 6.08 Å². The lowest BCUT2D eigenvalue weighted by atomic mass is 10.1. The minimum atomic E-state index is -1.38. The third kappa shape index (κ3) is 3.10. The summed E-state index contributed by atoms with van der Waals surface area (Å²) in [5.41, 5.74) is -3.65. The van der Waals surface area contributed by atoms with E-state index in [9.17, 15) is 35.1 Å². The number of hydrogen-bond donors (Lipinski definition) is 1. The van der Waals surface area contributed by atoms with E-state index in [1.807, 2.05) is 0 Å². The summed E-state index contributed by atoms with van der Waals surface area (Å²) in [6, 6.07) is 1.37. The van der Waals surface area contributed by atoms with Crippen LogP contribution in [0.4, 0.5) is 17.1 Å². The zero-order valence-corrected chi connectivity index (χ0v) is 9.46. The number of hydrogen-bond acceptors (Lipinski definition) is 7. The van der Waals surface area contributed by atoms with Crippen LogP contribution < -0.4 is 0 Å². The van der Waals surface area contributed by atoms with Crippen molar-refractivity contribution in [2.45, 2.75) is 0 Å². The number of rotatable bonds is 5. The van der Waals surface area contributed by atoms with Crippen LogP contribution in [0.25, 0.3) is 6.08 Å². The van der Waals surface area contributed by atoms with E-state index in [1.165, 1.54) is 0 Å². The van der Waals surface area contributed by atoms with Crippen LogP contribution in [0.1, 0.15) is 5.56 Å². The summed E-state index contributed by atoms with van der Waals surface area (Å²) < 4.78 is 0. The standard InChI is InChI=1S/C9H5N3O8/c13-8(14)2-1-5-3-6(10(15)16)9(12(19)20)7(4-5)11(17)18/h1-4H,(H,13,14). The topological polar surface area (TPSA) is 167 Å². The van der Waals surface area contributed by atoms with E-state index >= 15 is 0 Å². The average Bonchev–Trinajstić information content (AvgIpc) is 2.34. The van der Waals surface area contributed by atoms with E-state index in [0.29, 0.717) is 18.2 Å². The van der Waals surface area contributed by atoms with Crippen LogP contribution in [0, 0.1) is 30.3 Å². The molecule has 0 atom stereocenters. The van der Waals surface area contributed by atoms with E-state index < -0.39 is 37.8 Å². The molecule has 1 aromatic rings. The summed E-state index contributed by atoms with van der Waals surface area (Å²) >= 11 is 0. The number of carbonyl (C=O) groups is 1. The van der Waals surface area contributed by atoms with Gasteiger partial charge in [-0.05, 0) is 11.6 Å². The Morgan fingerprint density at radius 1 is 1.00 bits per heavy atom. The molecular formula is C9H5N3O8. The Morgan fingerprint density at radius 3 is 1.75 bits per heavy atom. The van der Waals surface area contributed by atoms with Crippen LogP contribution in [-0.2, 0) is 4.79 Å². The van der Waals surface area contributed by atoms with Gasteiger partial charge in [0.2, 0.25) is 0 Å². The van der Waals surface area contributed by atoms with Crippen molar-refractivity contribution in [2.75, 3.05) is 0 Å². The minimum absolute atomic E-state index is 0.212. The molecule has 0 heterocycles. The molecule has 0 saturated carbocycles. The lowest BCUT2D eigenvalue weighted by Gasteiger charge is -1.99. The zero-order chi connectivity index (χ0) is 15.4. The first-order valence-corrected chi connectivity index (χ1v) is 4.76. The molecule has 20 heavy (non-hydrogen) atoms. The van der Waals surface area contributed by atoms with Crippen molar-refractivity contribution in [1.82, 2.24) is 0 Å². The molecule has 0 bridgehead atoms. The Labute approximate surface area is 109 Å². The highest BCUT2D eigenvalue weighted by molar-refractivity contribution is 5.86. The van der Waals surface area contributed by atoms with Crippen molar-refractivity contribution >= 4 is 29.1 Å². The molecule has 1 rings (SSSR count). The van der Waals surface area contributed by atoms with Crippen molar-refractivity contribution in [1.29, 1.82) is 0 Å². The number of nitrogens with zero attached hydrogens (tertiary/aromatic N) is 3. The first kappa shape index (κ1) is 14.7. The molecule has 0 amide bonds. The fourth-order valence-electron chi connectivity index (χ4n) is 1.35. The van der Waals surface area contributed by atoms with Gasteiger partial charge >= 0.3 is 23.0 Å². The fraction of sp³-hybridized carbons (Fsp3) is 0. The number of benzene rings is 1. The summed E-state index contributed by atoms with van der Waals surface area (Å²) in [5, 5.41) is 40.6. The van der Waals surface area contributed by atoms with Crippen molar-refractivity contribution in [3.8, 4) is 0 Å². The lowest BCUT2D eigenvalue weighted by molar-refractivity contribution is -0.441. The Balaban J connectivity index is 3.63. The molecule has 11 heteroatoms. The quantitative estimate of drug-likeness (QED) is 0.481. The van der Waals surface area contributed by atoms with Crippen LogP contribution in [0.5, 0.6) is 0 Å². The van der Waals surface area contributed by atoms with Crippen molar-refractivity contribution in [2.24, 2.45) is 0 Å². The Bertz CT molecular complexity index is 616. The summed E-state index contributed by atoms with van der Waals surface area (Å²) in [6.07, 6.45) is 1.45. The number of nitro benzene ring substituents is 3. The highest BCUT2D eigenvalue weighted by Crippen LogP contribution is 2.37. The van der Waals surface area contributed by atoms with Crippen LogP contribution in [0.15, 0.2) is 18.2 Å². The Kier molecular flexibility index (Phi) is 4.05. The third-order valence-corrected chi connectivity index (χ3v) is 2.09. The second-order valence-electron chi connectivity index (χ2n) is 3.35. The summed E-state index contributed by atoms with van der Waals surface area (Å²) in [7, 11) is 0. The van der Waals surface area contributed by atoms with Crippen LogP contribution in [0.2, 0.25) is 0 Å². The van der Waals surface area contributed by atoms with Gasteiger partial charge in [-0.15, -0.1) is 0 Å². The second kappa shape index (κ2) is 5.51. The van der Waals surface area contributed by atoms with E-state index in [4.69, 9.17) is 5.11 Å². The molecule has 104 valence electrons.